The molecule has 0 unspecified atom stereocenters. The van der Waals surface area contributed by atoms with Crippen molar-refractivity contribution in [2.24, 2.45) is 5.10 Å². The third kappa shape index (κ3) is 5.78. The molecule has 4 heterocycles. The molecule has 2 saturated heterocycles. The van der Waals surface area contributed by atoms with Gasteiger partial charge < -0.3 is 18.8 Å². The number of morpholine rings is 1. The lowest BCUT2D eigenvalue weighted by Crippen LogP contribution is -2.38. The van der Waals surface area contributed by atoms with Crippen LogP contribution in [0.2, 0.25) is 5.02 Å². The second kappa shape index (κ2) is 11.0. The Bertz CT molecular complexity index is 1170. The molecule has 3 aromatic rings. The normalized spacial score (nSPS) is 17.8. The molecule has 0 saturated carbocycles. The summed E-state index contributed by atoms with van der Waals surface area (Å²) in [5.41, 5.74) is 3.79. The number of rotatable bonds is 7. The van der Waals surface area contributed by atoms with E-state index in [9.17, 15) is 0 Å². The molecule has 1 N–H and O–H groups in total. The fraction of sp³-hybridized carbons (Fsp3) is 0.458. The predicted octanol–water partition coefficient (Wildman–Crippen LogP) is 3.51. The largest absolute Gasteiger partial charge is 0.464 e. The third-order valence-electron chi connectivity index (χ3n) is 6.04. The Morgan fingerprint density at radius 1 is 1.03 bits per heavy atom. The highest BCUT2D eigenvalue weighted by Crippen LogP contribution is 2.23. The summed E-state index contributed by atoms with van der Waals surface area (Å²) in [7, 11) is 0. The number of hydrogen-bond acceptors (Lipinski definition) is 9. The minimum Gasteiger partial charge on any atom is -0.464 e. The van der Waals surface area contributed by atoms with Crippen molar-refractivity contribution in [1.82, 2.24) is 14.9 Å². The minimum atomic E-state index is 0.352. The second-order valence-electron chi connectivity index (χ2n) is 8.41. The number of halogens is 1. The van der Waals surface area contributed by atoms with Crippen LogP contribution in [-0.2, 0) is 4.74 Å². The molecule has 0 spiro atoms. The molecular formula is C24H29ClN6O3. The number of benzene rings is 1. The molecule has 2 aliphatic rings. The number of aromatic nitrogens is 2. The Morgan fingerprint density at radius 3 is 2.74 bits per heavy atom. The molecule has 0 radical (unpaired) electrons. The highest BCUT2D eigenvalue weighted by atomic mass is 35.5. The lowest BCUT2D eigenvalue weighted by molar-refractivity contribution is 0.0317. The van der Waals surface area contributed by atoms with Gasteiger partial charge in [0.05, 0.1) is 24.8 Å². The number of fused-ring (bicyclic) bond motifs is 1. The van der Waals surface area contributed by atoms with E-state index in [0.717, 1.165) is 70.0 Å². The first-order chi connectivity index (χ1) is 16.7. The van der Waals surface area contributed by atoms with Crippen LogP contribution < -0.4 is 20.4 Å². The molecule has 0 aliphatic carbocycles. The summed E-state index contributed by atoms with van der Waals surface area (Å²) in [6, 6.07) is 9.52. The van der Waals surface area contributed by atoms with Crippen molar-refractivity contribution < 1.29 is 13.9 Å². The van der Waals surface area contributed by atoms with Crippen LogP contribution >= 0.6 is 11.6 Å². The van der Waals surface area contributed by atoms with Gasteiger partial charge in [0, 0.05) is 55.3 Å². The van der Waals surface area contributed by atoms with Gasteiger partial charge in [0.25, 0.3) is 0 Å². The van der Waals surface area contributed by atoms with E-state index in [0.29, 0.717) is 34.4 Å². The molecule has 5 rings (SSSR count). The lowest BCUT2D eigenvalue weighted by Gasteiger charge is -2.28. The van der Waals surface area contributed by atoms with Crippen molar-refractivity contribution in [2.75, 3.05) is 62.9 Å². The van der Waals surface area contributed by atoms with Crippen LogP contribution in [-0.4, -0.2) is 67.4 Å². The first kappa shape index (κ1) is 22.9. The van der Waals surface area contributed by atoms with Crippen molar-refractivity contribution >= 4 is 34.2 Å². The van der Waals surface area contributed by atoms with Gasteiger partial charge in [-0.3, -0.25) is 10.3 Å². The fourth-order valence-corrected chi connectivity index (χ4v) is 4.36. The molecular weight excluding hydrogens is 456 g/mol. The molecule has 0 amide bonds. The number of hydrogen-bond donors (Lipinski definition) is 1. The average molecular weight is 485 g/mol. The zero-order valence-corrected chi connectivity index (χ0v) is 19.8. The lowest BCUT2D eigenvalue weighted by atomic mass is 10.1. The maximum absolute atomic E-state index is 6.18. The number of piperidine rings is 1. The van der Waals surface area contributed by atoms with E-state index >= 15 is 0 Å². The smallest absolute Gasteiger partial charge is 0.320 e. The van der Waals surface area contributed by atoms with Crippen LogP contribution in [0.4, 0.5) is 11.6 Å². The minimum absolute atomic E-state index is 0.352. The Labute approximate surface area is 203 Å². The maximum atomic E-state index is 6.18. The fourth-order valence-electron chi connectivity index (χ4n) is 4.19. The van der Waals surface area contributed by atoms with Crippen LogP contribution in [0.3, 0.4) is 0 Å². The van der Waals surface area contributed by atoms with E-state index < -0.39 is 0 Å². The number of ether oxygens (including phenoxy) is 2. The van der Waals surface area contributed by atoms with Crippen molar-refractivity contribution in [1.29, 1.82) is 0 Å². The van der Waals surface area contributed by atoms with Gasteiger partial charge in [-0.1, -0.05) is 11.6 Å². The van der Waals surface area contributed by atoms with Gasteiger partial charge in [-0.15, -0.1) is 0 Å². The zero-order chi connectivity index (χ0) is 23.2. The summed E-state index contributed by atoms with van der Waals surface area (Å²) in [6.45, 7) is 6.66. The van der Waals surface area contributed by atoms with Crippen molar-refractivity contribution in [3.63, 3.8) is 0 Å². The van der Waals surface area contributed by atoms with Crippen molar-refractivity contribution in [3.8, 4) is 6.01 Å². The zero-order valence-electron chi connectivity index (χ0n) is 19.1. The van der Waals surface area contributed by atoms with Gasteiger partial charge >= 0.3 is 6.01 Å². The SMILES string of the molecule is Clc1ccc2occ/c(=N\Nc3cc(N4CCCCC4)nc(OCCN4CCOCC4)n3)c2c1. The molecule has 34 heavy (non-hydrogen) atoms. The Kier molecular flexibility index (Phi) is 7.43. The Balaban J connectivity index is 1.37. The molecule has 9 nitrogen and oxygen atoms in total. The highest BCUT2D eigenvalue weighted by molar-refractivity contribution is 6.31. The average Bonchev–Trinajstić information content (AvgIpc) is 2.88. The quantitative estimate of drug-likeness (QED) is 0.510. The van der Waals surface area contributed by atoms with Gasteiger partial charge in [0.15, 0.2) is 5.82 Å². The van der Waals surface area contributed by atoms with Crippen molar-refractivity contribution in [3.05, 3.63) is 47.0 Å². The van der Waals surface area contributed by atoms with Gasteiger partial charge in [-0.05, 0) is 37.5 Å². The van der Waals surface area contributed by atoms with Crippen LogP contribution in [0.15, 0.2) is 46.1 Å². The van der Waals surface area contributed by atoms with Crippen LogP contribution in [0.1, 0.15) is 19.3 Å². The third-order valence-corrected chi connectivity index (χ3v) is 6.28. The summed E-state index contributed by atoms with van der Waals surface area (Å²) in [6.07, 6.45) is 5.17. The van der Waals surface area contributed by atoms with Gasteiger partial charge in [-0.25, -0.2) is 0 Å². The van der Waals surface area contributed by atoms with Crippen LogP contribution in [0.5, 0.6) is 6.01 Å². The van der Waals surface area contributed by atoms with Crippen molar-refractivity contribution in [2.45, 2.75) is 19.3 Å². The monoisotopic (exact) mass is 484 g/mol. The number of anilines is 2. The topological polar surface area (TPSA) is 88.2 Å². The summed E-state index contributed by atoms with van der Waals surface area (Å²) in [4.78, 5) is 13.9. The highest BCUT2D eigenvalue weighted by Gasteiger charge is 2.16. The molecule has 10 heteroatoms. The van der Waals surface area contributed by atoms with Gasteiger partial charge in [0.2, 0.25) is 0 Å². The standard InChI is InChI=1S/C24H29ClN6O3/c25-18-4-5-21-19(16-18)20(6-12-33-21)28-29-22-17-23(31-7-2-1-3-8-31)27-24(26-22)34-15-11-30-9-13-32-14-10-30/h4-6,12,16-17H,1-3,7-11,13-15H2,(H,26,27,29)/b28-20+. The molecule has 2 aromatic heterocycles. The summed E-state index contributed by atoms with van der Waals surface area (Å²) < 4.78 is 16.9. The maximum Gasteiger partial charge on any atom is 0.320 e. The second-order valence-corrected chi connectivity index (χ2v) is 8.85. The Morgan fingerprint density at radius 2 is 1.88 bits per heavy atom. The van der Waals surface area contributed by atoms with Crippen LogP contribution in [0, 0.1) is 0 Å². The summed E-state index contributed by atoms with van der Waals surface area (Å²) >= 11 is 6.18. The molecule has 1 aromatic carbocycles. The summed E-state index contributed by atoms with van der Waals surface area (Å²) in [5.74, 6) is 1.43. The van der Waals surface area contributed by atoms with E-state index in [2.05, 4.69) is 25.3 Å². The van der Waals surface area contributed by atoms with Gasteiger partial charge in [-0.2, -0.15) is 15.1 Å². The first-order valence-corrected chi connectivity index (χ1v) is 12.2. The molecule has 2 fully saturated rings. The van der Waals surface area contributed by atoms with E-state index in [1.54, 1.807) is 18.4 Å². The Hall–Kier alpha value is -2.88. The summed E-state index contributed by atoms with van der Waals surface area (Å²) in [5, 5.41) is 6.71. The molecule has 2 aliphatic heterocycles. The van der Waals surface area contributed by atoms with E-state index in [-0.39, 0.29) is 0 Å². The van der Waals surface area contributed by atoms with E-state index in [4.69, 9.17) is 30.5 Å². The van der Waals surface area contributed by atoms with Gasteiger partial charge in [0.1, 0.15) is 18.0 Å². The number of nitrogens with zero attached hydrogens (tertiary/aromatic N) is 5. The number of nitrogens with one attached hydrogen (secondary N) is 1. The first-order valence-electron chi connectivity index (χ1n) is 11.8. The molecule has 180 valence electrons. The molecule has 0 atom stereocenters. The predicted molar refractivity (Wildman–Crippen MR) is 131 cm³/mol. The van der Waals surface area contributed by atoms with Crippen LogP contribution in [0.25, 0.3) is 11.0 Å². The molecule has 0 bridgehead atoms. The van der Waals surface area contributed by atoms with E-state index in [1.807, 2.05) is 18.2 Å². The van der Waals surface area contributed by atoms with E-state index in [1.165, 1.54) is 6.42 Å².